The van der Waals surface area contributed by atoms with Crippen LogP contribution in [0.5, 0.6) is 0 Å². The van der Waals surface area contributed by atoms with Gasteiger partial charge in [-0.3, -0.25) is 4.79 Å². The summed E-state index contributed by atoms with van der Waals surface area (Å²) in [6.45, 7) is 2.23. The van der Waals surface area contributed by atoms with Crippen molar-refractivity contribution in [1.29, 1.82) is 0 Å². The molecule has 9 heteroatoms. The van der Waals surface area contributed by atoms with Crippen LogP contribution in [-0.2, 0) is 27.8 Å². The SMILES string of the molecule is CN1CCc2nc(NC(=O)C3CCCCN3S(C)(=O)=O)sc2C1. The minimum atomic E-state index is -3.37. The summed E-state index contributed by atoms with van der Waals surface area (Å²) in [5.41, 5.74) is 1.05. The van der Waals surface area contributed by atoms with Crippen LogP contribution in [0, 0.1) is 0 Å². The van der Waals surface area contributed by atoms with Crippen molar-refractivity contribution in [3.05, 3.63) is 10.6 Å². The summed E-state index contributed by atoms with van der Waals surface area (Å²) in [6, 6.07) is -0.623. The molecule has 1 unspecified atom stereocenters. The maximum absolute atomic E-state index is 12.5. The second kappa shape index (κ2) is 6.46. The van der Waals surface area contributed by atoms with Crippen molar-refractivity contribution < 1.29 is 13.2 Å². The fourth-order valence-electron chi connectivity index (χ4n) is 3.13. The number of amides is 1. The summed E-state index contributed by atoms with van der Waals surface area (Å²) in [6.07, 6.45) is 4.28. The highest BCUT2D eigenvalue weighted by molar-refractivity contribution is 7.88. The average Bonchev–Trinajstić information content (AvgIpc) is 2.87. The number of sulfonamides is 1. The number of rotatable bonds is 3. The molecule has 2 aliphatic heterocycles. The normalized spacial score (nSPS) is 23.5. The fraction of sp³-hybridized carbons (Fsp3) is 0.714. The maximum atomic E-state index is 12.5. The molecule has 1 saturated heterocycles. The van der Waals surface area contributed by atoms with E-state index in [1.54, 1.807) is 0 Å². The van der Waals surface area contributed by atoms with Gasteiger partial charge in [-0.25, -0.2) is 13.4 Å². The summed E-state index contributed by atoms with van der Waals surface area (Å²) in [5.74, 6) is -0.269. The summed E-state index contributed by atoms with van der Waals surface area (Å²) < 4.78 is 25.1. The monoisotopic (exact) mass is 358 g/mol. The molecule has 0 radical (unpaired) electrons. The second-order valence-corrected chi connectivity index (χ2v) is 9.27. The molecular weight excluding hydrogens is 336 g/mol. The Hall–Kier alpha value is -1.03. The fourth-order valence-corrected chi connectivity index (χ4v) is 5.34. The van der Waals surface area contributed by atoms with Crippen LogP contribution in [0.3, 0.4) is 0 Å². The van der Waals surface area contributed by atoms with Crippen LogP contribution in [0.25, 0.3) is 0 Å². The topological polar surface area (TPSA) is 82.6 Å². The molecule has 1 aromatic rings. The molecule has 0 saturated carbocycles. The Balaban J connectivity index is 1.73. The van der Waals surface area contributed by atoms with E-state index >= 15 is 0 Å². The van der Waals surface area contributed by atoms with Crippen molar-refractivity contribution in [2.75, 3.05) is 31.7 Å². The summed E-state index contributed by atoms with van der Waals surface area (Å²) in [5, 5.41) is 3.41. The number of fused-ring (bicyclic) bond motifs is 1. The minimum Gasteiger partial charge on any atom is -0.301 e. The van der Waals surface area contributed by atoms with Crippen LogP contribution in [0.2, 0.25) is 0 Å². The number of thiazole rings is 1. The Morgan fingerprint density at radius 2 is 2.13 bits per heavy atom. The zero-order valence-corrected chi connectivity index (χ0v) is 15.0. The number of piperidine rings is 1. The van der Waals surface area contributed by atoms with Crippen LogP contribution < -0.4 is 5.32 Å². The summed E-state index contributed by atoms with van der Waals surface area (Å²) in [7, 11) is -1.31. The highest BCUT2D eigenvalue weighted by Gasteiger charge is 2.35. The van der Waals surface area contributed by atoms with E-state index in [9.17, 15) is 13.2 Å². The molecule has 128 valence electrons. The molecule has 2 aliphatic rings. The third-order valence-electron chi connectivity index (χ3n) is 4.33. The molecule has 0 spiro atoms. The van der Waals surface area contributed by atoms with Crippen molar-refractivity contribution in [1.82, 2.24) is 14.2 Å². The van der Waals surface area contributed by atoms with Crippen LogP contribution in [0.1, 0.15) is 29.8 Å². The molecule has 7 nitrogen and oxygen atoms in total. The standard InChI is InChI=1S/C14H22N4O3S2/c1-17-8-6-10-12(9-17)22-14(15-10)16-13(19)11-5-3-4-7-18(11)23(2,20)21/h11H,3-9H2,1-2H3,(H,15,16,19). The van der Waals surface area contributed by atoms with Crippen molar-refractivity contribution >= 4 is 32.4 Å². The zero-order valence-electron chi connectivity index (χ0n) is 13.4. The van der Waals surface area contributed by atoms with Crippen LogP contribution in [0.4, 0.5) is 5.13 Å². The van der Waals surface area contributed by atoms with Crippen molar-refractivity contribution in [2.24, 2.45) is 0 Å². The number of nitrogens with one attached hydrogen (secondary N) is 1. The van der Waals surface area contributed by atoms with Gasteiger partial charge in [0.25, 0.3) is 0 Å². The van der Waals surface area contributed by atoms with Crippen LogP contribution in [0.15, 0.2) is 0 Å². The lowest BCUT2D eigenvalue weighted by Crippen LogP contribution is -2.49. The van der Waals surface area contributed by atoms with Gasteiger partial charge in [-0.05, 0) is 19.9 Å². The quantitative estimate of drug-likeness (QED) is 0.867. The molecule has 23 heavy (non-hydrogen) atoms. The molecule has 1 amide bonds. The summed E-state index contributed by atoms with van der Waals surface area (Å²) in [4.78, 5) is 20.4. The second-order valence-electron chi connectivity index (χ2n) is 6.25. The highest BCUT2D eigenvalue weighted by Crippen LogP contribution is 2.28. The van der Waals surface area contributed by atoms with E-state index in [2.05, 4.69) is 22.2 Å². The Morgan fingerprint density at radius 3 is 2.87 bits per heavy atom. The van der Waals surface area contributed by atoms with Gasteiger partial charge in [0.15, 0.2) is 5.13 Å². The largest absolute Gasteiger partial charge is 0.301 e. The number of hydrogen-bond donors (Lipinski definition) is 1. The first kappa shape index (κ1) is 16.8. The predicted octanol–water partition coefficient (Wildman–Crippen LogP) is 0.884. The third-order valence-corrected chi connectivity index (χ3v) is 6.62. The van der Waals surface area contributed by atoms with Crippen LogP contribution >= 0.6 is 11.3 Å². The number of nitrogens with zero attached hydrogens (tertiary/aromatic N) is 3. The lowest BCUT2D eigenvalue weighted by atomic mass is 10.0. The van der Waals surface area contributed by atoms with E-state index in [0.717, 1.165) is 44.3 Å². The van der Waals surface area contributed by atoms with Gasteiger partial charge in [-0.2, -0.15) is 4.31 Å². The number of likely N-dealkylation sites (N-methyl/N-ethyl adjacent to an activating group) is 1. The molecule has 1 N–H and O–H groups in total. The van der Waals surface area contributed by atoms with Gasteiger partial charge in [0, 0.05) is 30.9 Å². The number of aromatic nitrogens is 1. The van der Waals surface area contributed by atoms with E-state index in [-0.39, 0.29) is 5.91 Å². The van der Waals surface area contributed by atoms with Crippen LogP contribution in [-0.4, -0.2) is 60.9 Å². The molecule has 3 heterocycles. The van der Waals surface area contributed by atoms with Gasteiger partial charge in [-0.15, -0.1) is 11.3 Å². The Morgan fingerprint density at radius 1 is 1.35 bits per heavy atom. The molecule has 0 aliphatic carbocycles. The first-order valence-corrected chi connectivity index (χ1v) is 10.5. The van der Waals surface area contributed by atoms with Gasteiger partial charge >= 0.3 is 0 Å². The van der Waals surface area contributed by atoms with Crippen molar-refractivity contribution in [3.8, 4) is 0 Å². The zero-order chi connectivity index (χ0) is 16.6. The number of carbonyl (C=O) groups is 1. The Labute approximate surface area is 140 Å². The van der Waals surface area contributed by atoms with E-state index in [1.165, 1.54) is 20.5 Å². The predicted molar refractivity (Wildman–Crippen MR) is 90.0 cm³/mol. The van der Waals surface area contributed by atoms with E-state index in [4.69, 9.17) is 0 Å². The molecular formula is C14H22N4O3S2. The first-order valence-electron chi connectivity index (χ1n) is 7.79. The lowest BCUT2D eigenvalue weighted by molar-refractivity contribution is -0.120. The van der Waals surface area contributed by atoms with Crippen molar-refractivity contribution in [3.63, 3.8) is 0 Å². The molecule has 1 fully saturated rings. The van der Waals surface area contributed by atoms with Gasteiger partial charge < -0.3 is 10.2 Å². The molecule has 1 atom stereocenters. The van der Waals surface area contributed by atoms with Crippen molar-refractivity contribution in [2.45, 2.75) is 38.3 Å². The van der Waals surface area contributed by atoms with E-state index < -0.39 is 16.1 Å². The Bertz CT molecular complexity index is 701. The first-order chi connectivity index (χ1) is 10.8. The van der Waals surface area contributed by atoms with E-state index in [0.29, 0.717) is 18.1 Å². The highest BCUT2D eigenvalue weighted by atomic mass is 32.2. The number of carbonyl (C=O) groups excluding carboxylic acids is 1. The third kappa shape index (κ3) is 3.73. The maximum Gasteiger partial charge on any atom is 0.244 e. The van der Waals surface area contributed by atoms with Gasteiger partial charge in [0.2, 0.25) is 15.9 Å². The van der Waals surface area contributed by atoms with Gasteiger partial charge in [0.05, 0.1) is 11.9 Å². The average molecular weight is 358 g/mol. The van der Waals surface area contributed by atoms with Gasteiger partial charge in [0.1, 0.15) is 6.04 Å². The molecule has 0 aromatic carbocycles. The number of anilines is 1. The summed E-state index contributed by atoms with van der Waals surface area (Å²) >= 11 is 1.49. The molecule has 3 rings (SSSR count). The van der Waals surface area contributed by atoms with Gasteiger partial charge in [-0.1, -0.05) is 6.42 Å². The van der Waals surface area contributed by atoms with E-state index in [1.807, 2.05) is 0 Å². The smallest absolute Gasteiger partial charge is 0.244 e. The number of hydrogen-bond acceptors (Lipinski definition) is 6. The minimum absolute atomic E-state index is 0.269. The Kier molecular flexibility index (Phi) is 4.73. The lowest BCUT2D eigenvalue weighted by Gasteiger charge is -2.32. The molecule has 0 bridgehead atoms. The molecule has 1 aromatic heterocycles.